The summed E-state index contributed by atoms with van der Waals surface area (Å²) in [4.78, 5) is 15.1. The van der Waals surface area contributed by atoms with Crippen LogP contribution < -0.4 is 5.32 Å². The lowest BCUT2D eigenvalue weighted by Crippen LogP contribution is -2.54. The van der Waals surface area contributed by atoms with Gasteiger partial charge in [-0.15, -0.1) is 0 Å². The first-order valence-electron chi connectivity index (χ1n) is 10.0. The molecule has 0 spiro atoms. The van der Waals surface area contributed by atoms with Gasteiger partial charge in [0.05, 0.1) is 32.5 Å². The zero-order valence-corrected chi connectivity index (χ0v) is 16.0. The Morgan fingerprint density at radius 2 is 1.96 bits per heavy atom. The molecular weight excluding hydrogens is 320 g/mol. The summed E-state index contributed by atoms with van der Waals surface area (Å²) >= 11 is 0. The average molecular weight is 357 g/mol. The van der Waals surface area contributed by atoms with Crippen molar-refractivity contribution in [3.8, 4) is 0 Å². The van der Waals surface area contributed by atoms with Crippen LogP contribution in [0.3, 0.4) is 0 Å². The van der Waals surface area contributed by atoms with E-state index in [0.29, 0.717) is 25.0 Å². The lowest BCUT2D eigenvalue weighted by atomic mass is 9.91. The first kappa shape index (κ1) is 20.6. The molecule has 0 aromatic rings. The molecule has 0 bridgehead atoms. The number of rotatable bonds is 11. The fourth-order valence-corrected chi connectivity index (χ4v) is 3.72. The Kier molecular flexibility index (Phi) is 9.76. The van der Waals surface area contributed by atoms with Gasteiger partial charge < -0.3 is 19.5 Å². The number of nitrogens with zero attached hydrogens (tertiary/aromatic N) is 1. The molecule has 2 fully saturated rings. The van der Waals surface area contributed by atoms with Crippen molar-refractivity contribution in [3.05, 3.63) is 0 Å². The van der Waals surface area contributed by atoms with E-state index >= 15 is 0 Å². The van der Waals surface area contributed by atoms with Crippen LogP contribution in [0.1, 0.15) is 39.5 Å². The number of nitrogens with one attached hydrogen (secondary N) is 1. The molecule has 6 nitrogen and oxygen atoms in total. The number of hydrogen-bond donors (Lipinski definition) is 1. The highest BCUT2D eigenvalue weighted by Gasteiger charge is 2.32. The van der Waals surface area contributed by atoms with E-state index in [-0.39, 0.29) is 11.9 Å². The molecule has 2 heterocycles. The van der Waals surface area contributed by atoms with Crippen LogP contribution in [0.25, 0.3) is 0 Å². The molecule has 0 aromatic carbocycles. The molecule has 0 aromatic heterocycles. The molecule has 0 aliphatic carbocycles. The van der Waals surface area contributed by atoms with Crippen LogP contribution in [0, 0.1) is 11.8 Å². The maximum Gasteiger partial charge on any atom is 0.237 e. The minimum absolute atomic E-state index is 0.0320. The van der Waals surface area contributed by atoms with Crippen molar-refractivity contribution >= 4 is 5.91 Å². The monoisotopic (exact) mass is 356 g/mol. The smallest absolute Gasteiger partial charge is 0.237 e. The summed E-state index contributed by atoms with van der Waals surface area (Å²) in [5, 5.41) is 3.13. The number of carbonyl (C=O) groups is 1. The topological polar surface area (TPSA) is 60.0 Å². The summed E-state index contributed by atoms with van der Waals surface area (Å²) in [7, 11) is 0. The second kappa shape index (κ2) is 11.8. The molecule has 2 aliphatic heterocycles. The maximum absolute atomic E-state index is 12.8. The van der Waals surface area contributed by atoms with Gasteiger partial charge in [-0.05, 0) is 18.8 Å². The van der Waals surface area contributed by atoms with Crippen molar-refractivity contribution < 1.29 is 19.0 Å². The minimum atomic E-state index is -0.0320. The molecule has 25 heavy (non-hydrogen) atoms. The first-order valence-corrected chi connectivity index (χ1v) is 10.0. The van der Waals surface area contributed by atoms with Crippen molar-refractivity contribution in [1.29, 1.82) is 0 Å². The zero-order chi connectivity index (χ0) is 17.9. The molecule has 2 atom stereocenters. The van der Waals surface area contributed by atoms with Gasteiger partial charge in [-0.1, -0.05) is 26.7 Å². The van der Waals surface area contributed by atoms with Crippen LogP contribution in [0.4, 0.5) is 0 Å². The van der Waals surface area contributed by atoms with Gasteiger partial charge in [0.2, 0.25) is 5.91 Å². The number of amides is 1. The highest BCUT2D eigenvalue weighted by atomic mass is 16.5. The van der Waals surface area contributed by atoms with Crippen LogP contribution in [0.5, 0.6) is 0 Å². The van der Waals surface area contributed by atoms with Gasteiger partial charge in [-0.3, -0.25) is 9.69 Å². The second-order valence-corrected chi connectivity index (χ2v) is 7.12. The number of morpholine rings is 1. The molecule has 2 aliphatic rings. The van der Waals surface area contributed by atoms with Crippen molar-refractivity contribution in [2.24, 2.45) is 11.8 Å². The quantitative estimate of drug-likeness (QED) is 0.571. The Bertz CT molecular complexity index is 364. The van der Waals surface area contributed by atoms with Gasteiger partial charge in [-0.2, -0.15) is 0 Å². The second-order valence-electron chi connectivity index (χ2n) is 7.12. The Morgan fingerprint density at radius 1 is 1.20 bits per heavy atom. The third kappa shape index (κ3) is 6.85. The molecule has 0 unspecified atom stereocenters. The largest absolute Gasteiger partial charge is 0.381 e. The van der Waals surface area contributed by atoms with Crippen LogP contribution in [-0.2, 0) is 19.0 Å². The Labute approximate surface area is 152 Å². The molecule has 1 N–H and O–H groups in total. The van der Waals surface area contributed by atoms with Crippen molar-refractivity contribution in [1.82, 2.24) is 10.2 Å². The van der Waals surface area contributed by atoms with Crippen LogP contribution in [0.2, 0.25) is 0 Å². The highest BCUT2D eigenvalue weighted by Crippen LogP contribution is 2.20. The number of ether oxygens (including phenoxy) is 3. The lowest BCUT2D eigenvalue weighted by molar-refractivity contribution is -0.130. The van der Waals surface area contributed by atoms with Gasteiger partial charge in [0.1, 0.15) is 0 Å². The Morgan fingerprint density at radius 3 is 2.60 bits per heavy atom. The van der Waals surface area contributed by atoms with Crippen molar-refractivity contribution in [2.45, 2.75) is 45.6 Å². The third-order valence-electron chi connectivity index (χ3n) is 5.35. The summed E-state index contributed by atoms with van der Waals surface area (Å²) in [6.45, 7) is 11.3. The van der Waals surface area contributed by atoms with Crippen LogP contribution >= 0.6 is 0 Å². The number of hydrogen-bond acceptors (Lipinski definition) is 5. The van der Waals surface area contributed by atoms with Gasteiger partial charge in [-0.25, -0.2) is 0 Å². The molecule has 2 rings (SSSR count). The fourth-order valence-electron chi connectivity index (χ4n) is 3.72. The van der Waals surface area contributed by atoms with Crippen LogP contribution in [-0.4, -0.2) is 76.1 Å². The van der Waals surface area contributed by atoms with Gasteiger partial charge >= 0.3 is 0 Å². The fraction of sp³-hybridized carbons (Fsp3) is 0.947. The summed E-state index contributed by atoms with van der Waals surface area (Å²) in [5.74, 6) is 1.12. The Balaban J connectivity index is 1.68. The van der Waals surface area contributed by atoms with E-state index in [9.17, 15) is 4.79 Å². The number of carbonyl (C=O) groups excluding carboxylic acids is 1. The molecule has 146 valence electrons. The molecule has 0 saturated carbocycles. The van der Waals surface area contributed by atoms with E-state index in [1.807, 2.05) is 0 Å². The lowest BCUT2D eigenvalue weighted by Gasteiger charge is -2.37. The summed E-state index contributed by atoms with van der Waals surface area (Å²) < 4.78 is 16.5. The normalized spacial score (nSPS) is 23.1. The SMILES string of the molecule is CCC(CC)[C@@H](C(=O)NCCCOC[C@H]1CCOC1)N1CCOCC1. The van der Waals surface area contributed by atoms with E-state index in [0.717, 1.165) is 71.8 Å². The standard InChI is InChI=1S/C19H36N2O4/c1-3-17(4-2)18(21-8-12-23-13-9-21)19(22)20-7-5-10-24-14-16-6-11-25-15-16/h16-18H,3-15H2,1-2H3,(H,20,22)/t16-,18+/m1/s1. The summed E-state index contributed by atoms with van der Waals surface area (Å²) in [6, 6.07) is -0.0320. The van der Waals surface area contributed by atoms with E-state index in [4.69, 9.17) is 14.2 Å². The predicted octanol–water partition coefficient (Wildman–Crippen LogP) is 1.68. The van der Waals surface area contributed by atoms with E-state index in [1.165, 1.54) is 0 Å². The van der Waals surface area contributed by atoms with Crippen molar-refractivity contribution in [2.75, 3.05) is 59.3 Å². The zero-order valence-electron chi connectivity index (χ0n) is 16.0. The van der Waals surface area contributed by atoms with E-state index < -0.39 is 0 Å². The summed E-state index contributed by atoms with van der Waals surface area (Å²) in [6.07, 6.45) is 4.02. The molecule has 2 saturated heterocycles. The molecule has 0 radical (unpaired) electrons. The third-order valence-corrected chi connectivity index (χ3v) is 5.35. The average Bonchev–Trinajstić information content (AvgIpc) is 3.16. The van der Waals surface area contributed by atoms with E-state index in [1.54, 1.807) is 0 Å². The Hall–Kier alpha value is -0.690. The molecule has 6 heteroatoms. The summed E-state index contributed by atoms with van der Waals surface area (Å²) in [5.41, 5.74) is 0. The van der Waals surface area contributed by atoms with E-state index in [2.05, 4.69) is 24.1 Å². The predicted molar refractivity (Wildman–Crippen MR) is 97.6 cm³/mol. The van der Waals surface area contributed by atoms with Crippen LogP contribution in [0.15, 0.2) is 0 Å². The van der Waals surface area contributed by atoms with Gasteiger partial charge in [0, 0.05) is 38.8 Å². The highest BCUT2D eigenvalue weighted by molar-refractivity contribution is 5.82. The minimum Gasteiger partial charge on any atom is -0.381 e. The molecular formula is C19H36N2O4. The van der Waals surface area contributed by atoms with Gasteiger partial charge in [0.25, 0.3) is 0 Å². The molecule has 1 amide bonds. The maximum atomic E-state index is 12.8. The first-order chi connectivity index (χ1) is 12.3. The van der Waals surface area contributed by atoms with Gasteiger partial charge in [0.15, 0.2) is 0 Å². The van der Waals surface area contributed by atoms with Crippen molar-refractivity contribution in [3.63, 3.8) is 0 Å².